The number of urea groups is 1. The molecule has 5 rings (SSSR count). The van der Waals surface area contributed by atoms with Crippen LogP contribution in [0.2, 0.25) is 5.02 Å². The predicted octanol–water partition coefficient (Wildman–Crippen LogP) is 5.68. The van der Waals surface area contributed by atoms with Crippen LogP contribution in [-0.2, 0) is 13.1 Å². The SMILES string of the molecule is O=C(NCc1ccccc1Sc1ccc(Cl)cc1)NC1CCN(Cc2ccc3c(c2)OCO3)CC1. The smallest absolute Gasteiger partial charge is 0.315 e. The third kappa shape index (κ3) is 6.42. The average molecular weight is 510 g/mol. The summed E-state index contributed by atoms with van der Waals surface area (Å²) in [5.41, 5.74) is 2.30. The summed E-state index contributed by atoms with van der Waals surface area (Å²) < 4.78 is 10.9. The van der Waals surface area contributed by atoms with E-state index in [0.29, 0.717) is 13.3 Å². The summed E-state index contributed by atoms with van der Waals surface area (Å²) >= 11 is 7.66. The molecule has 2 heterocycles. The van der Waals surface area contributed by atoms with E-state index in [1.54, 1.807) is 11.8 Å². The molecular formula is C27H28ClN3O3S. The lowest BCUT2D eigenvalue weighted by atomic mass is 10.0. The number of hydrogen-bond acceptors (Lipinski definition) is 5. The molecule has 0 saturated carbocycles. The van der Waals surface area contributed by atoms with Crippen molar-refractivity contribution in [1.29, 1.82) is 0 Å². The van der Waals surface area contributed by atoms with Crippen molar-refractivity contribution in [1.82, 2.24) is 15.5 Å². The van der Waals surface area contributed by atoms with Gasteiger partial charge >= 0.3 is 6.03 Å². The van der Waals surface area contributed by atoms with E-state index in [-0.39, 0.29) is 12.1 Å². The van der Waals surface area contributed by atoms with E-state index in [1.165, 1.54) is 5.56 Å². The molecule has 0 atom stereocenters. The van der Waals surface area contributed by atoms with Crippen LogP contribution in [-0.4, -0.2) is 36.9 Å². The topological polar surface area (TPSA) is 62.8 Å². The van der Waals surface area contributed by atoms with Crippen molar-refractivity contribution >= 4 is 29.4 Å². The minimum absolute atomic E-state index is 0.120. The molecule has 1 fully saturated rings. The molecule has 6 nitrogen and oxygen atoms in total. The lowest BCUT2D eigenvalue weighted by molar-refractivity contribution is 0.173. The fourth-order valence-electron chi connectivity index (χ4n) is 4.32. The molecule has 0 bridgehead atoms. The molecule has 0 radical (unpaired) electrons. The minimum atomic E-state index is -0.120. The molecule has 182 valence electrons. The molecule has 8 heteroatoms. The highest BCUT2D eigenvalue weighted by molar-refractivity contribution is 7.99. The number of hydrogen-bond donors (Lipinski definition) is 2. The molecule has 2 aliphatic heterocycles. The standard InChI is InChI=1S/C27H28ClN3O3S/c28-21-6-8-23(9-7-21)35-26-4-2-1-3-20(26)16-29-27(32)30-22-11-13-31(14-12-22)17-19-5-10-24-25(15-19)34-18-33-24/h1-10,15,22H,11-14,16-18H2,(H2,29,30,32). The van der Waals surface area contributed by atoms with Gasteiger partial charge in [-0.3, -0.25) is 4.90 Å². The van der Waals surface area contributed by atoms with Gasteiger partial charge in [-0.1, -0.05) is 47.6 Å². The highest BCUT2D eigenvalue weighted by atomic mass is 35.5. The number of rotatable bonds is 7. The first kappa shape index (κ1) is 23.9. The number of carbonyl (C=O) groups is 1. The monoisotopic (exact) mass is 509 g/mol. The fraction of sp³-hybridized carbons (Fsp3) is 0.296. The number of benzene rings is 3. The summed E-state index contributed by atoms with van der Waals surface area (Å²) in [7, 11) is 0. The van der Waals surface area contributed by atoms with Crippen molar-refractivity contribution in [3.05, 3.63) is 82.9 Å². The van der Waals surface area contributed by atoms with Crippen LogP contribution >= 0.6 is 23.4 Å². The molecule has 0 aliphatic carbocycles. The predicted molar refractivity (Wildman–Crippen MR) is 138 cm³/mol. The molecule has 0 aromatic heterocycles. The van der Waals surface area contributed by atoms with Gasteiger partial charge in [-0.25, -0.2) is 4.79 Å². The van der Waals surface area contributed by atoms with Crippen LogP contribution in [0.5, 0.6) is 11.5 Å². The number of ether oxygens (including phenoxy) is 2. The summed E-state index contributed by atoms with van der Waals surface area (Å²) in [6.07, 6.45) is 1.86. The van der Waals surface area contributed by atoms with Crippen LogP contribution in [0.15, 0.2) is 76.5 Å². The normalized spacial score (nSPS) is 15.7. The minimum Gasteiger partial charge on any atom is -0.454 e. The molecule has 1 saturated heterocycles. The molecule has 2 N–H and O–H groups in total. The van der Waals surface area contributed by atoms with E-state index < -0.39 is 0 Å². The van der Waals surface area contributed by atoms with E-state index >= 15 is 0 Å². The first-order valence-electron chi connectivity index (χ1n) is 11.8. The Balaban J connectivity index is 1.07. The summed E-state index contributed by atoms with van der Waals surface area (Å²) in [5.74, 6) is 1.64. The number of nitrogens with one attached hydrogen (secondary N) is 2. The van der Waals surface area contributed by atoms with Crippen LogP contribution in [0, 0.1) is 0 Å². The summed E-state index contributed by atoms with van der Waals surface area (Å²) in [5, 5.41) is 6.90. The van der Waals surface area contributed by atoms with E-state index in [2.05, 4.69) is 33.7 Å². The zero-order chi connectivity index (χ0) is 24.0. The zero-order valence-corrected chi connectivity index (χ0v) is 20.9. The van der Waals surface area contributed by atoms with E-state index in [1.807, 2.05) is 48.5 Å². The van der Waals surface area contributed by atoms with Gasteiger partial charge in [0.2, 0.25) is 6.79 Å². The van der Waals surface area contributed by atoms with Crippen molar-refractivity contribution in [2.24, 2.45) is 0 Å². The summed E-state index contributed by atoms with van der Waals surface area (Å²) in [6, 6.07) is 22.1. The van der Waals surface area contributed by atoms with Crippen molar-refractivity contribution < 1.29 is 14.3 Å². The summed E-state index contributed by atoms with van der Waals surface area (Å²) in [6.45, 7) is 3.54. The van der Waals surface area contributed by atoms with Crippen LogP contribution in [0.4, 0.5) is 4.79 Å². The van der Waals surface area contributed by atoms with Gasteiger partial charge in [-0.2, -0.15) is 0 Å². The van der Waals surface area contributed by atoms with E-state index in [9.17, 15) is 4.79 Å². The third-order valence-corrected chi connectivity index (χ3v) is 7.60. The lowest BCUT2D eigenvalue weighted by Gasteiger charge is -2.32. The number of nitrogens with zero attached hydrogens (tertiary/aromatic N) is 1. The van der Waals surface area contributed by atoms with Gasteiger partial charge in [0.25, 0.3) is 0 Å². The van der Waals surface area contributed by atoms with E-state index in [0.717, 1.165) is 64.4 Å². The molecule has 2 aliphatic rings. The molecule has 3 aromatic rings. The first-order valence-corrected chi connectivity index (χ1v) is 13.0. The van der Waals surface area contributed by atoms with Crippen molar-refractivity contribution in [3.8, 4) is 11.5 Å². The van der Waals surface area contributed by atoms with Gasteiger partial charge in [0.15, 0.2) is 11.5 Å². The lowest BCUT2D eigenvalue weighted by Crippen LogP contribution is -2.47. The zero-order valence-electron chi connectivity index (χ0n) is 19.3. The number of amides is 2. The first-order chi connectivity index (χ1) is 17.1. The average Bonchev–Trinajstić information content (AvgIpc) is 3.34. The van der Waals surface area contributed by atoms with Crippen molar-refractivity contribution in [3.63, 3.8) is 0 Å². The van der Waals surface area contributed by atoms with Crippen LogP contribution in [0.1, 0.15) is 24.0 Å². The highest BCUT2D eigenvalue weighted by Gasteiger charge is 2.22. The maximum absolute atomic E-state index is 12.6. The Kier molecular flexibility index (Phi) is 7.66. The maximum Gasteiger partial charge on any atom is 0.315 e. The highest BCUT2D eigenvalue weighted by Crippen LogP contribution is 2.33. The van der Waals surface area contributed by atoms with Gasteiger partial charge in [-0.15, -0.1) is 0 Å². The fourth-order valence-corrected chi connectivity index (χ4v) is 5.39. The Morgan fingerprint density at radius 2 is 1.77 bits per heavy atom. The number of likely N-dealkylation sites (tertiary alicyclic amines) is 1. The Morgan fingerprint density at radius 1 is 1.00 bits per heavy atom. The molecule has 0 unspecified atom stereocenters. The Bertz CT molecular complexity index is 1170. The molecule has 0 spiro atoms. The van der Waals surface area contributed by atoms with Gasteiger partial charge in [0.1, 0.15) is 0 Å². The van der Waals surface area contributed by atoms with Gasteiger partial charge in [0, 0.05) is 47.0 Å². The van der Waals surface area contributed by atoms with Gasteiger partial charge in [-0.05, 0) is 66.4 Å². The number of halogens is 1. The van der Waals surface area contributed by atoms with Crippen LogP contribution in [0.25, 0.3) is 0 Å². The van der Waals surface area contributed by atoms with Gasteiger partial charge in [0.05, 0.1) is 0 Å². The van der Waals surface area contributed by atoms with Gasteiger partial charge < -0.3 is 20.1 Å². The van der Waals surface area contributed by atoms with E-state index in [4.69, 9.17) is 21.1 Å². The quantitative estimate of drug-likeness (QED) is 0.429. The van der Waals surface area contributed by atoms with Crippen LogP contribution < -0.4 is 20.1 Å². The molecular weight excluding hydrogens is 482 g/mol. The maximum atomic E-state index is 12.6. The second-order valence-electron chi connectivity index (χ2n) is 8.73. The molecule has 35 heavy (non-hydrogen) atoms. The number of piperidine rings is 1. The third-order valence-electron chi connectivity index (χ3n) is 6.22. The largest absolute Gasteiger partial charge is 0.454 e. The molecule has 2 amide bonds. The summed E-state index contributed by atoms with van der Waals surface area (Å²) in [4.78, 5) is 17.2. The number of carbonyl (C=O) groups excluding carboxylic acids is 1. The number of fused-ring (bicyclic) bond motifs is 1. The van der Waals surface area contributed by atoms with Crippen molar-refractivity contribution in [2.75, 3.05) is 19.9 Å². The Hall–Kier alpha value is -2.87. The second-order valence-corrected chi connectivity index (χ2v) is 10.3. The van der Waals surface area contributed by atoms with Crippen LogP contribution in [0.3, 0.4) is 0 Å². The Morgan fingerprint density at radius 3 is 2.60 bits per heavy atom. The second kappa shape index (κ2) is 11.2. The molecule has 3 aromatic carbocycles. The Labute approximate surface area is 214 Å². The van der Waals surface area contributed by atoms with Crippen molar-refractivity contribution in [2.45, 2.75) is 41.8 Å².